The van der Waals surface area contributed by atoms with Crippen molar-refractivity contribution < 1.29 is 14.0 Å². The summed E-state index contributed by atoms with van der Waals surface area (Å²) >= 11 is 0. The number of benzene rings is 2. The van der Waals surface area contributed by atoms with Crippen LogP contribution >= 0.6 is 0 Å². The highest BCUT2D eigenvalue weighted by molar-refractivity contribution is 5.96. The van der Waals surface area contributed by atoms with Gasteiger partial charge in [0.2, 0.25) is 5.91 Å². The Morgan fingerprint density at radius 3 is 2.39 bits per heavy atom. The Morgan fingerprint density at radius 2 is 1.74 bits per heavy atom. The van der Waals surface area contributed by atoms with E-state index in [9.17, 15) is 14.0 Å². The van der Waals surface area contributed by atoms with Crippen LogP contribution in [0.5, 0.6) is 0 Å². The summed E-state index contributed by atoms with van der Waals surface area (Å²) < 4.78 is 13.6. The number of carbonyl (C=O) groups is 2. The van der Waals surface area contributed by atoms with E-state index in [0.717, 1.165) is 0 Å². The average molecular weight is 311 g/mol. The largest absolute Gasteiger partial charge is 0.343 e. The van der Waals surface area contributed by atoms with Gasteiger partial charge in [0.25, 0.3) is 5.91 Å². The molecule has 5 nitrogen and oxygen atoms in total. The molecule has 0 fully saturated rings. The van der Waals surface area contributed by atoms with Gasteiger partial charge in [-0.15, -0.1) is 0 Å². The number of amides is 2. The maximum absolute atomic E-state index is 13.6. The molecular formula is C17H14FN3O2. The third-order valence-corrected chi connectivity index (χ3v) is 3.10. The summed E-state index contributed by atoms with van der Waals surface area (Å²) in [5, 5.41) is 13.9. The monoisotopic (exact) mass is 311 g/mol. The first-order chi connectivity index (χ1) is 11.1. The van der Waals surface area contributed by atoms with E-state index in [0.29, 0.717) is 5.56 Å². The molecule has 0 heterocycles. The first-order valence-electron chi connectivity index (χ1n) is 6.88. The zero-order chi connectivity index (χ0) is 16.7. The molecule has 2 aromatic rings. The second-order valence-electron chi connectivity index (χ2n) is 4.70. The molecule has 0 aliphatic rings. The quantitative estimate of drug-likeness (QED) is 0.885. The van der Waals surface area contributed by atoms with E-state index < -0.39 is 23.7 Å². The van der Waals surface area contributed by atoms with Crippen molar-refractivity contribution in [2.75, 3.05) is 6.54 Å². The third kappa shape index (κ3) is 4.38. The first kappa shape index (κ1) is 16.2. The lowest BCUT2D eigenvalue weighted by atomic mass is 10.1. The van der Waals surface area contributed by atoms with E-state index in [1.807, 2.05) is 6.07 Å². The van der Waals surface area contributed by atoms with Crippen LogP contribution in [0.25, 0.3) is 0 Å². The van der Waals surface area contributed by atoms with E-state index >= 15 is 0 Å². The van der Waals surface area contributed by atoms with Crippen molar-refractivity contribution in [3.8, 4) is 6.07 Å². The van der Waals surface area contributed by atoms with Crippen molar-refractivity contribution in [3.05, 3.63) is 71.5 Å². The summed E-state index contributed by atoms with van der Waals surface area (Å²) in [6, 6.07) is 14.8. The fourth-order valence-electron chi connectivity index (χ4n) is 1.95. The zero-order valence-corrected chi connectivity index (χ0v) is 12.1. The van der Waals surface area contributed by atoms with Crippen LogP contribution in [0.4, 0.5) is 4.39 Å². The Labute approximate surface area is 132 Å². The number of rotatable bonds is 5. The maximum Gasteiger partial charge on any atom is 0.251 e. The zero-order valence-electron chi connectivity index (χ0n) is 12.1. The minimum atomic E-state index is -1.11. The fourth-order valence-corrected chi connectivity index (χ4v) is 1.95. The van der Waals surface area contributed by atoms with Gasteiger partial charge in [-0.05, 0) is 18.2 Å². The summed E-state index contributed by atoms with van der Waals surface area (Å²) in [5.74, 6) is -1.56. The topological polar surface area (TPSA) is 82.0 Å². The molecule has 2 amide bonds. The molecule has 0 radical (unpaired) electrons. The molecule has 0 aliphatic heterocycles. The summed E-state index contributed by atoms with van der Waals surface area (Å²) in [4.78, 5) is 23.6. The second kappa shape index (κ2) is 7.71. The molecule has 116 valence electrons. The van der Waals surface area contributed by atoms with Crippen molar-refractivity contribution in [3.63, 3.8) is 0 Å². The highest BCUT2D eigenvalue weighted by atomic mass is 19.1. The Balaban J connectivity index is 1.93. The van der Waals surface area contributed by atoms with E-state index in [1.165, 1.54) is 18.2 Å². The highest BCUT2D eigenvalue weighted by Gasteiger charge is 2.17. The average Bonchev–Trinajstić information content (AvgIpc) is 2.59. The van der Waals surface area contributed by atoms with Gasteiger partial charge in [-0.1, -0.05) is 36.4 Å². The van der Waals surface area contributed by atoms with Crippen molar-refractivity contribution >= 4 is 11.8 Å². The van der Waals surface area contributed by atoms with Crippen molar-refractivity contribution in [1.29, 1.82) is 5.26 Å². The van der Waals surface area contributed by atoms with Gasteiger partial charge in [-0.25, -0.2) is 4.39 Å². The molecule has 0 aromatic heterocycles. The van der Waals surface area contributed by atoms with Gasteiger partial charge in [-0.2, -0.15) is 5.26 Å². The number of carbonyl (C=O) groups excluding carboxylic acids is 2. The number of hydrogen-bond acceptors (Lipinski definition) is 3. The van der Waals surface area contributed by atoms with Crippen LogP contribution in [0.1, 0.15) is 22.0 Å². The number of halogens is 1. The van der Waals surface area contributed by atoms with Crippen LogP contribution < -0.4 is 10.6 Å². The van der Waals surface area contributed by atoms with Gasteiger partial charge in [0.15, 0.2) is 0 Å². The van der Waals surface area contributed by atoms with Crippen LogP contribution in [-0.4, -0.2) is 18.4 Å². The van der Waals surface area contributed by atoms with Crippen LogP contribution in [0.2, 0.25) is 0 Å². The van der Waals surface area contributed by atoms with Crippen LogP contribution in [-0.2, 0) is 4.79 Å². The Hall–Kier alpha value is -3.20. The van der Waals surface area contributed by atoms with Crippen molar-refractivity contribution in [1.82, 2.24) is 10.6 Å². The molecule has 1 atom stereocenters. The Kier molecular flexibility index (Phi) is 5.42. The molecule has 0 aliphatic carbocycles. The number of hydrogen-bond donors (Lipinski definition) is 2. The van der Waals surface area contributed by atoms with Crippen LogP contribution in [0, 0.1) is 17.1 Å². The lowest BCUT2D eigenvalue weighted by molar-refractivity contribution is -0.120. The summed E-state index contributed by atoms with van der Waals surface area (Å²) in [7, 11) is 0. The van der Waals surface area contributed by atoms with Crippen molar-refractivity contribution in [2.24, 2.45) is 0 Å². The molecule has 0 bridgehead atoms. The van der Waals surface area contributed by atoms with Gasteiger partial charge in [0.1, 0.15) is 11.9 Å². The summed E-state index contributed by atoms with van der Waals surface area (Å²) in [5.41, 5.74) is 0.504. The van der Waals surface area contributed by atoms with E-state index in [-0.39, 0.29) is 12.1 Å². The van der Waals surface area contributed by atoms with Gasteiger partial charge < -0.3 is 10.6 Å². The SMILES string of the molecule is N#C[C@@H](NC(=O)CNC(=O)c1ccccc1)c1ccccc1F. The molecule has 0 saturated heterocycles. The van der Waals surface area contributed by atoms with E-state index in [1.54, 1.807) is 36.4 Å². The third-order valence-electron chi connectivity index (χ3n) is 3.10. The van der Waals surface area contributed by atoms with E-state index in [4.69, 9.17) is 5.26 Å². The molecular weight excluding hydrogens is 297 g/mol. The summed E-state index contributed by atoms with van der Waals surface area (Å²) in [6.07, 6.45) is 0. The van der Waals surface area contributed by atoms with E-state index in [2.05, 4.69) is 10.6 Å². The Morgan fingerprint density at radius 1 is 1.09 bits per heavy atom. The smallest absolute Gasteiger partial charge is 0.251 e. The van der Waals surface area contributed by atoms with Gasteiger partial charge in [-0.3, -0.25) is 9.59 Å². The highest BCUT2D eigenvalue weighted by Crippen LogP contribution is 2.15. The maximum atomic E-state index is 13.6. The number of nitrogens with zero attached hydrogens (tertiary/aromatic N) is 1. The molecule has 0 saturated carbocycles. The number of nitrogens with one attached hydrogen (secondary N) is 2. The molecule has 0 unspecified atom stereocenters. The minimum absolute atomic E-state index is 0.0812. The molecule has 2 aromatic carbocycles. The van der Waals surface area contributed by atoms with Gasteiger partial charge >= 0.3 is 0 Å². The minimum Gasteiger partial charge on any atom is -0.343 e. The lowest BCUT2D eigenvalue weighted by Gasteiger charge is -2.13. The number of nitriles is 1. The standard InChI is InChI=1S/C17H14FN3O2/c18-14-9-5-4-8-13(14)15(10-19)21-16(22)11-20-17(23)12-6-2-1-3-7-12/h1-9,15H,11H2,(H,20,23)(H,21,22)/t15-/m1/s1. The summed E-state index contributed by atoms with van der Waals surface area (Å²) in [6.45, 7) is -0.305. The van der Waals surface area contributed by atoms with Crippen LogP contribution in [0.3, 0.4) is 0 Å². The predicted octanol–water partition coefficient (Wildman–Crippen LogP) is 1.94. The Bertz CT molecular complexity index is 741. The van der Waals surface area contributed by atoms with Gasteiger partial charge in [0, 0.05) is 11.1 Å². The predicted molar refractivity (Wildman–Crippen MR) is 81.7 cm³/mol. The van der Waals surface area contributed by atoms with Gasteiger partial charge in [0.05, 0.1) is 12.6 Å². The molecule has 23 heavy (non-hydrogen) atoms. The second-order valence-corrected chi connectivity index (χ2v) is 4.70. The fraction of sp³-hybridized carbons (Fsp3) is 0.118. The normalized spacial score (nSPS) is 11.1. The molecule has 6 heteroatoms. The molecule has 2 N–H and O–H groups in total. The van der Waals surface area contributed by atoms with Crippen molar-refractivity contribution in [2.45, 2.75) is 6.04 Å². The first-order valence-corrected chi connectivity index (χ1v) is 6.88. The molecule has 0 spiro atoms. The van der Waals surface area contributed by atoms with Crippen LogP contribution in [0.15, 0.2) is 54.6 Å². The molecule has 2 rings (SSSR count). The lowest BCUT2D eigenvalue weighted by Crippen LogP contribution is -2.38.